The summed E-state index contributed by atoms with van der Waals surface area (Å²) in [6, 6.07) is 7.43. The number of hydrogen-bond donors (Lipinski definition) is 2. The van der Waals surface area contributed by atoms with E-state index in [0.717, 1.165) is 16.5 Å². The molecule has 1 aromatic carbocycles. The molecule has 0 aliphatic rings. The summed E-state index contributed by atoms with van der Waals surface area (Å²) >= 11 is 0. The molecule has 2 aromatic rings. The van der Waals surface area contributed by atoms with Crippen LogP contribution >= 0.6 is 0 Å². The Labute approximate surface area is 106 Å². The zero-order valence-electron chi connectivity index (χ0n) is 10.6. The van der Waals surface area contributed by atoms with E-state index >= 15 is 0 Å². The number of carboxylic acids is 1. The van der Waals surface area contributed by atoms with E-state index in [9.17, 15) is 9.90 Å². The van der Waals surface area contributed by atoms with E-state index in [1.54, 1.807) is 0 Å². The van der Waals surface area contributed by atoms with Crippen molar-refractivity contribution in [1.82, 2.24) is 4.57 Å². The Kier molecular flexibility index (Phi) is 3.39. The minimum atomic E-state index is -0.835. The summed E-state index contributed by atoms with van der Waals surface area (Å²) in [6.07, 6.45) is 2.46. The van der Waals surface area contributed by atoms with Crippen LogP contribution in [-0.2, 0) is 11.8 Å². The van der Waals surface area contributed by atoms with Crippen molar-refractivity contribution in [3.63, 3.8) is 0 Å². The molecule has 0 aliphatic heterocycles. The molecule has 96 valence electrons. The topological polar surface area (TPSA) is 68.2 Å². The molecule has 18 heavy (non-hydrogen) atoms. The predicted molar refractivity (Wildman–Crippen MR) is 71.3 cm³/mol. The molecule has 2 atom stereocenters. The number of aliphatic carboxylic acids is 1. The number of carbonyl (C=O) groups is 1. The maximum atomic E-state index is 11.2. The van der Waals surface area contributed by atoms with Crippen LogP contribution in [-0.4, -0.2) is 15.6 Å². The molecular formula is C14H18N2O2. The fraction of sp³-hybridized carbons (Fsp3) is 0.357. The molecule has 4 heteroatoms. The van der Waals surface area contributed by atoms with Crippen molar-refractivity contribution in [1.29, 1.82) is 0 Å². The van der Waals surface area contributed by atoms with Crippen LogP contribution in [0.1, 0.15) is 24.9 Å². The van der Waals surface area contributed by atoms with Crippen LogP contribution in [0.4, 0.5) is 0 Å². The summed E-state index contributed by atoms with van der Waals surface area (Å²) in [6.45, 7) is 1.85. The largest absolute Gasteiger partial charge is 0.481 e. The second-order valence-electron chi connectivity index (χ2n) is 4.59. The van der Waals surface area contributed by atoms with Crippen LogP contribution in [0.5, 0.6) is 0 Å². The molecule has 2 unspecified atom stereocenters. The van der Waals surface area contributed by atoms with Crippen LogP contribution in [0.3, 0.4) is 0 Å². The number of hydrogen-bond acceptors (Lipinski definition) is 2. The van der Waals surface area contributed by atoms with Crippen molar-refractivity contribution < 1.29 is 9.90 Å². The van der Waals surface area contributed by atoms with E-state index in [2.05, 4.69) is 0 Å². The fourth-order valence-electron chi connectivity index (χ4n) is 2.44. The van der Waals surface area contributed by atoms with Crippen LogP contribution < -0.4 is 5.73 Å². The van der Waals surface area contributed by atoms with Gasteiger partial charge in [-0.3, -0.25) is 4.79 Å². The van der Waals surface area contributed by atoms with Crippen molar-refractivity contribution in [2.45, 2.75) is 19.4 Å². The van der Waals surface area contributed by atoms with Gasteiger partial charge in [0, 0.05) is 30.2 Å². The zero-order chi connectivity index (χ0) is 13.3. The van der Waals surface area contributed by atoms with Gasteiger partial charge in [-0.2, -0.15) is 0 Å². The van der Waals surface area contributed by atoms with Crippen LogP contribution in [0, 0.1) is 5.92 Å². The standard InChI is InChI=1S/C14H18N2O2/c1-3-9(14(17)18)13(15)11-8-16(2)12-7-5-4-6-10(11)12/h4-9,13H,3,15H2,1-2H3,(H,17,18). The maximum Gasteiger partial charge on any atom is 0.308 e. The molecule has 0 spiro atoms. The molecule has 1 heterocycles. The number of nitrogens with two attached hydrogens (primary N) is 1. The first-order valence-corrected chi connectivity index (χ1v) is 6.08. The molecule has 0 saturated carbocycles. The third kappa shape index (κ3) is 1.99. The summed E-state index contributed by atoms with van der Waals surface area (Å²) in [5.41, 5.74) is 8.11. The van der Waals surface area contributed by atoms with E-state index in [0.29, 0.717) is 6.42 Å². The molecule has 4 nitrogen and oxygen atoms in total. The number of para-hydroxylation sites is 1. The van der Waals surface area contributed by atoms with Gasteiger partial charge in [0.15, 0.2) is 0 Å². The van der Waals surface area contributed by atoms with Gasteiger partial charge < -0.3 is 15.4 Å². The number of fused-ring (bicyclic) bond motifs is 1. The van der Waals surface area contributed by atoms with Crippen LogP contribution in [0.25, 0.3) is 10.9 Å². The molecule has 0 bridgehead atoms. The summed E-state index contributed by atoms with van der Waals surface area (Å²) in [5, 5.41) is 10.2. The Morgan fingerprint density at radius 2 is 2.11 bits per heavy atom. The molecule has 2 rings (SSSR count). The quantitative estimate of drug-likeness (QED) is 0.869. The Morgan fingerprint density at radius 1 is 1.44 bits per heavy atom. The lowest BCUT2D eigenvalue weighted by atomic mass is 9.91. The number of benzene rings is 1. The van der Waals surface area contributed by atoms with Gasteiger partial charge >= 0.3 is 5.97 Å². The molecule has 0 aliphatic carbocycles. The first-order chi connectivity index (χ1) is 8.56. The van der Waals surface area contributed by atoms with Crippen molar-refractivity contribution in [2.24, 2.45) is 18.7 Å². The molecule has 0 radical (unpaired) electrons. The smallest absolute Gasteiger partial charge is 0.308 e. The van der Waals surface area contributed by atoms with E-state index < -0.39 is 17.9 Å². The summed E-state index contributed by atoms with van der Waals surface area (Å²) < 4.78 is 1.99. The van der Waals surface area contributed by atoms with Crippen molar-refractivity contribution in [3.05, 3.63) is 36.0 Å². The second-order valence-corrected chi connectivity index (χ2v) is 4.59. The monoisotopic (exact) mass is 246 g/mol. The molecule has 0 amide bonds. The Hall–Kier alpha value is -1.81. The average molecular weight is 246 g/mol. The van der Waals surface area contributed by atoms with Gasteiger partial charge in [-0.25, -0.2) is 0 Å². The Morgan fingerprint density at radius 3 is 2.72 bits per heavy atom. The number of nitrogens with zero attached hydrogens (tertiary/aromatic N) is 1. The summed E-state index contributed by atoms with van der Waals surface area (Å²) in [5.74, 6) is -1.38. The summed E-state index contributed by atoms with van der Waals surface area (Å²) in [7, 11) is 1.94. The minimum absolute atomic E-state index is 0.474. The highest BCUT2D eigenvalue weighted by Gasteiger charge is 2.26. The molecular weight excluding hydrogens is 228 g/mol. The van der Waals surface area contributed by atoms with Gasteiger partial charge in [0.25, 0.3) is 0 Å². The molecule has 0 fully saturated rings. The van der Waals surface area contributed by atoms with E-state index in [-0.39, 0.29) is 0 Å². The zero-order valence-corrected chi connectivity index (χ0v) is 10.6. The lowest BCUT2D eigenvalue weighted by Gasteiger charge is -2.18. The van der Waals surface area contributed by atoms with Gasteiger partial charge in [0.05, 0.1) is 5.92 Å². The van der Waals surface area contributed by atoms with Crippen LogP contribution in [0.2, 0.25) is 0 Å². The van der Waals surface area contributed by atoms with Gasteiger partial charge in [0.2, 0.25) is 0 Å². The normalized spacial score (nSPS) is 14.6. The summed E-state index contributed by atoms with van der Waals surface area (Å²) in [4.78, 5) is 11.2. The van der Waals surface area contributed by atoms with Gasteiger partial charge in [-0.05, 0) is 18.1 Å². The number of aromatic nitrogens is 1. The highest BCUT2D eigenvalue weighted by Crippen LogP contribution is 2.30. The lowest BCUT2D eigenvalue weighted by Crippen LogP contribution is -2.27. The van der Waals surface area contributed by atoms with E-state index in [1.165, 1.54) is 0 Å². The highest BCUT2D eigenvalue weighted by atomic mass is 16.4. The highest BCUT2D eigenvalue weighted by molar-refractivity contribution is 5.85. The van der Waals surface area contributed by atoms with Crippen molar-refractivity contribution in [2.75, 3.05) is 0 Å². The SMILES string of the molecule is CCC(C(=O)O)C(N)c1cn(C)c2ccccc12. The Balaban J connectivity index is 2.51. The van der Waals surface area contributed by atoms with Gasteiger partial charge in [0.1, 0.15) is 0 Å². The number of carboxylic acid groups (broad SMARTS) is 1. The second kappa shape index (κ2) is 4.82. The average Bonchev–Trinajstić information content (AvgIpc) is 2.68. The third-order valence-electron chi connectivity index (χ3n) is 3.48. The Bertz CT molecular complexity index is 574. The third-order valence-corrected chi connectivity index (χ3v) is 3.48. The maximum absolute atomic E-state index is 11.2. The van der Waals surface area contributed by atoms with E-state index in [4.69, 9.17) is 5.73 Å². The first kappa shape index (κ1) is 12.6. The number of aryl methyl sites for hydroxylation is 1. The molecule has 3 N–H and O–H groups in total. The van der Waals surface area contributed by atoms with Crippen LogP contribution in [0.15, 0.2) is 30.5 Å². The first-order valence-electron chi connectivity index (χ1n) is 6.08. The van der Waals surface area contributed by atoms with Crippen molar-refractivity contribution >= 4 is 16.9 Å². The van der Waals surface area contributed by atoms with Gasteiger partial charge in [-0.15, -0.1) is 0 Å². The van der Waals surface area contributed by atoms with Crippen molar-refractivity contribution in [3.8, 4) is 0 Å². The molecule has 1 aromatic heterocycles. The minimum Gasteiger partial charge on any atom is -0.481 e. The lowest BCUT2D eigenvalue weighted by molar-refractivity contribution is -0.142. The molecule has 0 saturated heterocycles. The predicted octanol–water partition coefficient (Wildman–Crippen LogP) is 2.29. The van der Waals surface area contributed by atoms with E-state index in [1.807, 2.05) is 49.0 Å². The fourth-order valence-corrected chi connectivity index (χ4v) is 2.44. The number of rotatable bonds is 4. The van der Waals surface area contributed by atoms with Gasteiger partial charge in [-0.1, -0.05) is 25.1 Å².